The van der Waals surface area contributed by atoms with Crippen LogP contribution in [0.2, 0.25) is 0 Å². The Morgan fingerprint density at radius 3 is 2.70 bits per heavy atom. The zero-order valence-electron chi connectivity index (χ0n) is 13.2. The van der Waals surface area contributed by atoms with Gasteiger partial charge in [-0.3, -0.25) is 9.48 Å². The van der Waals surface area contributed by atoms with Crippen LogP contribution in [0, 0.1) is 13.8 Å². The largest absolute Gasteiger partial charge is 0.435 e. The Balaban J connectivity index is 1.99. The number of halogens is 2. The van der Waals surface area contributed by atoms with Crippen LogP contribution in [0.5, 0.6) is 5.75 Å². The van der Waals surface area contributed by atoms with Crippen LogP contribution in [0.15, 0.2) is 30.3 Å². The van der Waals surface area contributed by atoms with Crippen molar-refractivity contribution in [2.75, 3.05) is 0 Å². The van der Waals surface area contributed by atoms with Gasteiger partial charge < -0.3 is 10.1 Å². The van der Waals surface area contributed by atoms with E-state index in [4.69, 9.17) is 0 Å². The first-order chi connectivity index (χ1) is 10.8. The maximum atomic E-state index is 12.2. The van der Waals surface area contributed by atoms with E-state index in [0.29, 0.717) is 6.54 Å². The van der Waals surface area contributed by atoms with Gasteiger partial charge in [-0.15, -0.1) is 0 Å². The molecule has 7 heteroatoms. The summed E-state index contributed by atoms with van der Waals surface area (Å²) >= 11 is 0. The molecule has 5 nitrogen and oxygen atoms in total. The maximum absolute atomic E-state index is 12.2. The lowest BCUT2D eigenvalue weighted by molar-refractivity contribution is -0.0498. The number of aromatic nitrogens is 2. The fourth-order valence-corrected chi connectivity index (χ4v) is 2.29. The van der Waals surface area contributed by atoms with E-state index in [2.05, 4.69) is 15.2 Å². The minimum Gasteiger partial charge on any atom is -0.435 e. The highest BCUT2D eigenvalue weighted by Gasteiger charge is 2.13. The minimum atomic E-state index is -2.92. The normalized spacial score (nSPS) is 12.3. The first-order valence-electron chi connectivity index (χ1n) is 7.22. The van der Waals surface area contributed by atoms with Crippen molar-refractivity contribution < 1.29 is 18.3 Å². The van der Waals surface area contributed by atoms with Gasteiger partial charge in [0.25, 0.3) is 5.91 Å². The Labute approximate surface area is 133 Å². The molecular formula is C16H19F2N3O2. The fraction of sp³-hybridized carbons (Fsp3) is 0.375. The molecule has 0 aliphatic rings. The summed E-state index contributed by atoms with van der Waals surface area (Å²) in [7, 11) is 0. The zero-order chi connectivity index (χ0) is 17.0. The molecule has 0 bridgehead atoms. The number of alkyl halides is 2. The van der Waals surface area contributed by atoms with Crippen LogP contribution in [0.25, 0.3) is 0 Å². The molecule has 1 N–H and O–H groups in total. The molecule has 0 radical (unpaired) electrons. The Kier molecular flexibility index (Phi) is 5.31. The number of nitrogens with one attached hydrogen (secondary N) is 1. The second-order valence-corrected chi connectivity index (χ2v) is 5.39. The highest BCUT2D eigenvalue weighted by Crippen LogP contribution is 2.16. The molecule has 0 spiro atoms. The third-order valence-corrected chi connectivity index (χ3v) is 3.25. The minimum absolute atomic E-state index is 0.0427. The molecule has 0 saturated heterocycles. The molecule has 2 rings (SSSR count). The summed E-state index contributed by atoms with van der Waals surface area (Å²) in [5, 5.41) is 7.16. The van der Waals surface area contributed by atoms with Crippen LogP contribution in [0.1, 0.15) is 28.7 Å². The van der Waals surface area contributed by atoms with E-state index in [1.165, 1.54) is 18.2 Å². The summed E-state index contributed by atoms with van der Waals surface area (Å²) in [6.45, 7) is 3.31. The quantitative estimate of drug-likeness (QED) is 0.889. The molecular weight excluding hydrogens is 304 g/mol. The van der Waals surface area contributed by atoms with E-state index in [1.807, 2.05) is 31.5 Å². The molecule has 124 valence electrons. The van der Waals surface area contributed by atoms with Crippen LogP contribution in [-0.4, -0.2) is 28.3 Å². The standard InChI is InChI=1S/C16H19F2N3O2/c1-10-7-12(3)21(20-10)9-11(2)19-15(22)13-5-4-6-14(8-13)23-16(17)18/h4-8,11,16H,9H2,1-3H3,(H,19,22). The number of carbonyl (C=O) groups is 1. The molecule has 0 saturated carbocycles. The van der Waals surface area contributed by atoms with Gasteiger partial charge in [0.2, 0.25) is 0 Å². The molecule has 0 aliphatic heterocycles. The highest BCUT2D eigenvalue weighted by molar-refractivity contribution is 5.94. The van der Waals surface area contributed by atoms with Crippen molar-refractivity contribution in [3.05, 3.63) is 47.3 Å². The van der Waals surface area contributed by atoms with Crippen LogP contribution in [-0.2, 0) is 6.54 Å². The zero-order valence-corrected chi connectivity index (χ0v) is 13.2. The van der Waals surface area contributed by atoms with Gasteiger partial charge in [-0.25, -0.2) is 0 Å². The molecule has 1 heterocycles. The number of nitrogens with zero attached hydrogens (tertiary/aromatic N) is 2. The average Bonchev–Trinajstić information content (AvgIpc) is 2.76. The van der Waals surface area contributed by atoms with Crippen molar-refractivity contribution in [1.82, 2.24) is 15.1 Å². The average molecular weight is 323 g/mol. The van der Waals surface area contributed by atoms with Gasteiger partial charge in [0.05, 0.1) is 12.2 Å². The number of hydrogen-bond donors (Lipinski definition) is 1. The van der Waals surface area contributed by atoms with Crippen molar-refractivity contribution in [2.45, 2.75) is 40.0 Å². The SMILES string of the molecule is Cc1cc(C)n(CC(C)NC(=O)c2cccc(OC(F)F)c2)n1. The molecule has 0 fully saturated rings. The summed E-state index contributed by atoms with van der Waals surface area (Å²) in [5.74, 6) is -0.391. The number of hydrogen-bond acceptors (Lipinski definition) is 3. The van der Waals surface area contributed by atoms with Crippen LogP contribution >= 0.6 is 0 Å². The third-order valence-electron chi connectivity index (χ3n) is 3.25. The van der Waals surface area contributed by atoms with Crippen molar-refractivity contribution in [3.63, 3.8) is 0 Å². The lowest BCUT2D eigenvalue weighted by atomic mass is 10.2. The van der Waals surface area contributed by atoms with Crippen molar-refractivity contribution in [3.8, 4) is 5.75 Å². The summed E-state index contributed by atoms with van der Waals surface area (Å²) in [6.07, 6.45) is 0. The third kappa shape index (κ3) is 4.77. The number of amides is 1. The molecule has 1 aromatic heterocycles. The van der Waals surface area contributed by atoms with Crippen LogP contribution in [0.4, 0.5) is 8.78 Å². The predicted octanol–water partition coefficient (Wildman–Crippen LogP) is 2.92. The topological polar surface area (TPSA) is 56.2 Å². The van der Waals surface area contributed by atoms with E-state index < -0.39 is 6.61 Å². The summed E-state index contributed by atoms with van der Waals surface area (Å²) in [6, 6.07) is 7.50. The highest BCUT2D eigenvalue weighted by atomic mass is 19.3. The first kappa shape index (κ1) is 16.9. The monoisotopic (exact) mass is 323 g/mol. The van der Waals surface area contributed by atoms with E-state index in [0.717, 1.165) is 11.4 Å². The molecule has 1 amide bonds. The summed E-state index contributed by atoms with van der Waals surface area (Å²) in [5.41, 5.74) is 2.19. The second-order valence-electron chi connectivity index (χ2n) is 5.39. The van der Waals surface area contributed by atoms with Gasteiger partial charge in [-0.1, -0.05) is 6.07 Å². The number of rotatable bonds is 6. The van der Waals surface area contributed by atoms with E-state index in [1.54, 1.807) is 6.07 Å². The first-order valence-corrected chi connectivity index (χ1v) is 7.22. The Bertz CT molecular complexity index is 686. The smallest absolute Gasteiger partial charge is 0.387 e. The van der Waals surface area contributed by atoms with E-state index >= 15 is 0 Å². The predicted molar refractivity (Wildman–Crippen MR) is 81.7 cm³/mol. The van der Waals surface area contributed by atoms with Crippen molar-refractivity contribution >= 4 is 5.91 Å². The van der Waals surface area contributed by atoms with E-state index in [9.17, 15) is 13.6 Å². The Morgan fingerprint density at radius 2 is 2.09 bits per heavy atom. The number of ether oxygens (including phenoxy) is 1. The van der Waals surface area contributed by atoms with E-state index in [-0.39, 0.29) is 23.3 Å². The van der Waals surface area contributed by atoms with Gasteiger partial charge in [-0.2, -0.15) is 13.9 Å². The Hall–Kier alpha value is -2.44. The lowest BCUT2D eigenvalue weighted by Crippen LogP contribution is -2.36. The Morgan fingerprint density at radius 1 is 1.35 bits per heavy atom. The second kappa shape index (κ2) is 7.21. The van der Waals surface area contributed by atoms with Crippen molar-refractivity contribution in [2.24, 2.45) is 0 Å². The fourth-order valence-electron chi connectivity index (χ4n) is 2.29. The van der Waals surface area contributed by atoms with Crippen molar-refractivity contribution in [1.29, 1.82) is 0 Å². The van der Waals surface area contributed by atoms with Crippen LogP contribution in [0.3, 0.4) is 0 Å². The summed E-state index contributed by atoms with van der Waals surface area (Å²) < 4.78 is 30.5. The number of aryl methyl sites for hydroxylation is 2. The molecule has 0 aliphatic carbocycles. The lowest BCUT2D eigenvalue weighted by Gasteiger charge is -2.15. The molecule has 1 aromatic carbocycles. The maximum Gasteiger partial charge on any atom is 0.387 e. The molecule has 1 unspecified atom stereocenters. The van der Waals surface area contributed by atoms with Gasteiger partial charge >= 0.3 is 6.61 Å². The molecule has 23 heavy (non-hydrogen) atoms. The molecule has 2 aromatic rings. The number of carbonyl (C=O) groups excluding carboxylic acids is 1. The summed E-state index contributed by atoms with van der Waals surface area (Å²) in [4.78, 5) is 12.2. The van der Waals surface area contributed by atoms with Gasteiger partial charge in [-0.05, 0) is 45.0 Å². The number of benzene rings is 1. The van der Waals surface area contributed by atoms with Gasteiger partial charge in [0, 0.05) is 17.3 Å². The molecule has 1 atom stereocenters. The van der Waals surface area contributed by atoms with Gasteiger partial charge in [0.15, 0.2) is 0 Å². The van der Waals surface area contributed by atoms with Crippen LogP contribution < -0.4 is 10.1 Å². The van der Waals surface area contributed by atoms with Gasteiger partial charge in [0.1, 0.15) is 5.75 Å².